The molecule has 5 nitrogen and oxygen atoms in total. The van der Waals surface area contributed by atoms with Gasteiger partial charge in [0.15, 0.2) is 0 Å². The predicted molar refractivity (Wildman–Crippen MR) is 70.3 cm³/mol. The lowest BCUT2D eigenvalue weighted by molar-refractivity contribution is 0.285. The molecule has 0 bridgehead atoms. The number of nitrogens with two attached hydrogens (primary N) is 1. The number of nitrogens with one attached hydrogen (secondary N) is 1. The quantitative estimate of drug-likeness (QED) is 0.739. The number of rotatable bonds is 5. The molecule has 0 amide bonds. The van der Waals surface area contributed by atoms with Crippen molar-refractivity contribution in [3.8, 4) is 0 Å². The Morgan fingerprint density at radius 2 is 1.88 bits per heavy atom. The summed E-state index contributed by atoms with van der Waals surface area (Å²) in [4.78, 5) is 0. The van der Waals surface area contributed by atoms with Crippen LogP contribution >= 0.6 is 0 Å². The van der Waals surface area contributed by atoms with Crippen molar-refractivity contribution in [2.75, 3.05) is 25.9 Å². The molecule has 0 aliphatic carbocycles. The molecule has 0 aromatic heterocycles. The van der Waals surface area contributed by atoms with Gasteiger partial charge in [0.1, 0.15) is 0 Å². The molecule has 0 atom stereocenters. The van der Waals surface area contributed by atoms with Crippen molar-refractivity contribution in [3.05, 3.63) is 0 Å². The maximum Gasteiger partial charge on any atom is 0.211 e. The van der Waals surface area contributed by atoms with Crippen LogP contribution in [0.25, 0.3) is 0 Å². The molecule has 0 saturated carbocycles. The minimum atomic E-state index is -3.01. The minimum absolute atomic E-state index is 0.138. The van der Waals surface area contributed by atoms with E-state index >= 15 is 0 Å². The van der Waals surface area contributed by atoms with Crippen LogP contribution in [-0.4, -0.2) is 50.2 Å². The van der Waals surface area contributed by atoms with E-state index < -0.39 is 10.0 Å². The fourth-order valence-corrected chi connectivity index (χ4v) is 2.86. The summed E-state index contributed by atoms with van der Waals surface area (Å²) in [6.07, 6.45) is 3.98. The van der Waals surface area contributed by atoms with E-state index in [2.05, 4.69) is 5.32 Å². The Morgan fingerprint density at radius 3 is 2.29 bits per heavy atom. The summed E-state index contributed by atoms with van der Waals surface area (Å²) in [6.45, 7) is 6.18. The Balaban J connectivity index is 2.24. The van der Waals surface area contributed by atoms with E-state index in [0.717, 1.165) is 25.8 Å². The second-order valence-corrected chi connectivity index (χ2v) is 7.61. The molecule has 17 heavy (non-hydrogen) atoms. The predicted octanol–water partition coefficient (Wildman–Crippen LogP) is 0.127. The minimum Gasteiger partial charge on any atom is -0.326 e. The van der Waals surface area contributed by atoms with Gasteiger partial charge in [-0.1, -0.05) is 0 Å². The van der Waals surface area contributed by atoms with Gasteiger partial charge in [-0.3, -0.25) is 0 Å². The van der Waals surface area contributed by atoms with Gasteiger partial charge in [0.05, 0.1) is 6.26 Å². The van der Waals surface area contributed by atoms with E-state index in [1.165, 1.54) is 6.26 Å². The number of sulfonamides is 1. The van der Waals surface area contributed by atoms with E-state index in [1.807, 2.05) is 13.8 Å². The summed E-state index contributed by atoms with van der Waals surface area (Å²) >= 11 is 0. The third kappa shape index (κ3) is 5.81. The van der Waals surface area contributed by atoms with Gasteiger partial charge in [-0.15, -0.1) is 0 Å². The molecule has 102 valence electrons. The number of hydrogen-bond donors (Lipinski definition) is 2. The Labute approximate surface area is 105 Å². The Kier molecular flexibility index (Phi) is 4.95. The lowest BCUT2D eigenvalue weighted by Crippen LogP contribution is -2.46. The zero-order valence-corrected chi connectivity index (χ0v) is 11.9. The SMILES string of the molecule is CC(C)(N)CCNC1CCN(S(C)(=O)=O)CC1. The summed E-state index contributed by atoms with van der Waals surface area (Å²) in [6, 6.07) is 0.426. The van der Waals surface area contributed by atoms with Crippen molar-refractivity contribution in [1.82, 2.24) is 9.62 Å². The van der Waals surface area contributed by atoms with Gasteiger partial charge >= 0.3 is 0 Å². The van der Waals surface area contributed by atoms with E-state index in [-0.39, 0.29) is 5.54 Å². The molecule has 0 aromatic carbocycles. The van der Waals surface area contributed by atoms with Crippen LogP contribution in [0.5, 0.6) is 0 Å². The second-order valence-electron chi connectivity index (χ2n) is 5.63. The smallest absolute Gasteiger partial charge is 0.211 e. The maximum atomic E-state index is 11.3. The van der Waals surface area contributed by atoms with Crippen LogP contribution < -0.4 is 11.1 Å². The van der Waals surface area contributed by atoms with Gasteiger partial charge in [-0.2, -0.15) is 0 Å². The topological polar surface area (TPSA) is 75.4 Å². The van der Waals surface area contributed by atoms with Crippen molar-refractivity contribution in [2.45, 2.75) is 44.7 Å². The molecule has 1 aliphatic rings. The van der Waals surface area contributed by atoms with Gasteiger partial charge in [-0.05, 0) is 39.7 Å². The lowest BCUT2D eigenvalue weighted by atomic mass is 10.0. The average molecular weight is 263 g/mol. The fourth-order valence-electron chi connectivity index (χ4n) is 1.99. The van der Waals surface area contributed by atoms with Gasteiger partial charge in [0.25, 0.3) is 0 Å². The molecule has 0 aromatic rings. The Morgan fingerprint density at radius 1 is 1.35 bits per heavy atom. The number of piperidine rings is 1. The molecule has 0 spiro atoms. The molecule has 1 fully saturated rings. The standard InChI is InChI=1S/C11H25N3O2S/c1-11(2,12)6-7-13-10-4-8-14(9-5-10)17(3,15)16/h10,13H,4-9,12H2,1-3H3. The summed E-state index contributed by atoms with van der Waals surface area (Å²) in [5.74, 6) is 0. The van der Waals surface area contributed by atoms with Crippen LogP contribution in [0.3, 0.4) is 0 Å². The summed E-state index contributed by atoms with van der Waals surface area (Å²) in [5.41, 5.74) is 5.76. The molecule has 3 N–H and O–H groups in total. The molecular weight excluding hydrogens is 238 g/mol. The van der Waals surface area contributed by atoms with Crippen LogP contribution in [-0.2, 0) is 10.0 Å². The summed E-state index contributed by atoms with van der Waals surface area (Å²) in [7, 11) is -3.01. The third-order valence-electron chi connectivity index (χ3n) is 3.13. The Hall–Kier alpha value is -0.170. The summed E-state index contributed by atoms with van der Waals surface area (Å²) in [5, 5.41) is 3.45. The molecule has 1 rings (SSSR count). The lowest BCUT2D eigenvalue weighted by Gasteiger charge is -2.31. The van der Waals surface area contributed by atoms with Gasteiger partial charge in [0.2, 0.25) is 10.0 Å². The van der Waals surface area contributed by atoms with Crippen molar-refractivity contribution >= 4 is 10.0 Å². The number of hydrogen-bond acceptors (Lipinski definition) is 4. The number of nitrogens with zero attached hydrogens (tertiary/aromatic N) is 1. The highest BCUT2D eigenvalue weighted by atomic mass is 32.2. The van der Waals surface area contributed by atoms with Gasteiger partial charge in [-0.25, -0.2) is 12.7 Å². The van der Waals surface area contributed by atoms with E-state index in [9.17, 15) is 8.42 Å². The van der Waals surface area contributed by atoms with Crippen LogP contribution in [0.1, 0.15) is 33.1 Å². The maximum absolute atomic E-state index is 11.3. The highest BCUT2D eigenvalue weighted by molar-refractivity contribution is 7.88. The molecule has 6 heteroatoms. The van der Waals surface area contributed by atoms with Crippen LogP contribution in [0.15, 0.2) is 0 Å². The first kappa shape index (κ1) is 14.9. The normalized spacial score (nSPS) is 20.7. The molecule has 1 saturated heterocycles. The zero-order valence-electron chi connectivity index (χ0n) is 11.1. The van der Waals surface area contributed by atoms with Gasteiger partial charge < -0.3 is 11.1 Å². The Bertz CT molecular complexity index is 327. The van der Waals surface area contributed by atoms with E-state index in [1.54, 1.807) is 4.31 Å². The van der Waals surface area contributed by atoms with Crippen LogP contribution in [0.2, 0.25) is 0 Å². The second kappa shape index (κ2) is 5.65. The monoisotopic (exact) mass is 263 g/mol. The van der Waals surface area contributed by atoms with Crippen LogP contribution in [0.4, 0.5) is 0 Å². The first-order valence-electron chi connectivity index (χ1n) is 6.16. The average Bonchev–Trinajstić information content (AvgIpc) is 2.15. The van der Waals surface area contributed by atoms with E-state index in [4.69, 9.17) is 5.73 Å². The highest BCUT2D eigenvalue weighted by Gasteiger charge is 2.24. The molecular formula is C11H25N3O2S. The zero-order chi connectivity index (χ0) is 13.1. The highest BCUT2D eigenvalue weighted by Crippen LogP contribution is 2.13. The third-order valence-corrected chi connectivity index (χ3v) is 4.43. The first-order valence-corrected chi connectivity index (χ1v) is 8.01. The fraction of sp³-hybridized carbons (Fsp3) is 1.00. The first-order chi connectivity index (χ1) is 7.68. The van der Waals surface area contributed by atoms with Crippen LogP contribution in [0, 0.1) is 0 Å². The molecule has 0 radical (unpaired) electrons. The van der Waals surface area contributed by atoms with Gasteiger partial charge in [0, 0.05) is 24.7 Å². The molecule has 0 unspecified atom stereocenters. The largest absolute Gasteiger partial charge is 0.326 e. The van der Waals surface area contributed by atoms with Crippen molar-refractivity contribution < 1.29 is 8.42 Å². The van der Waals surface area contributed by atoms with Crippen molar-refractivity contribution in [2.24, 2.45) is 5.73 Å². The molecule has 1 aliphatic heterocycles. The van der Waals surface area contributed by atoms with E-state index in [0.29, 0.717) is 19.1 Å². The molecule has 1 heterocycles. The van der Waals surface area contributed by atoms with Crippen molar-refractivity contribution in [3.63, 3.8) is 0 Å². The van der Waals surface area contributed by atoms with Crippen molar-refractivity contribution in [1.29, 1.82) is 0 Å². The summed E-state index contributed by atoms with van der Waals surface area (Å²) < 4.78 is 24.2.